The van der Waals surface area contributed by atoms with Gasteiger partial charge in [-0.2, -0.15) is 0 Å². The molecule has 0 amide bonds. The van der Waals surface area contributed by atoms with E-state index in [2.05, 4.69) is 5.32 Å². The van der Waals surface area contributed by atoms with Gasteiger partial charge in [0, 0.05) is 18.0 Å². The third-order valence-corrected chi connectivity index (χ3v) is 3.48. The summed E-state index contributed by atoms with van der Waals surface area (Å²) in [6.45, 7) is 1.64. The van der Waals surface area contributed by atoms with E-state index in [1.807, 2.05) is 0 Å². The van der Waals surface area contributed by atoms with Crippen LogP contribution in [0.3, 0.4) is 0 Å². The molecule has 2 nitrogen and oxygen atoms in total. The Kier molecular flexibility index (Phi) is 5.50. The zero-order valence-corrected chi connectivity index (χ0v) is 10.9. The molecule has 0 aromatic heterocycles. The van der Waals surface area contributed by atoms with Crippen molar-refractivity contribution in [2.45, 2.75) is 19.3 Å². The predicted molar refractivity (Wildman–Crippen MR) is 68.9 cm³/mol. The van der Waals surface area contributed by atoms with Crippen LogP contribution in [-0.4, -0.2) is 24.8 Å². The van der Waals surface area contributed by atoms with Crippen LogP contribution >= 0.6 is 12.4 Å². The van der Waals surface area contributed by atoms with Gasteiger partial charge in [0.2, 0.25) is 0 Å². The summed E-state index contributed by atoms with van der Waals surface area (Å²) in [7, 11) is 0. The van der Waals surface area contributed by atoms with Gasteiger partial charge in [0.05, 0.1) is 6.61 Å². The number of piperidine rings is 1. The molecule has 1 aliphatic heterocycles. The number of hydrogen-bond acceptors (Lipinski definition) is 2. The molecule has 0 saturated carbocycles. The number of aliphatic hydroxyl groups is 1. The van der Waals surface area contributed by atoms with Crippen LogP contribution in [0.5, 0.6) is 0 Å². The largest absolute Gasteiger partial charge is 0.396 e. The first kappa shape index (κ1) is 15.3. The molecule has 1 aliphatic rings. The lowest BCUT2D eigenvalue weighted by Gasteiger charge is -2.36. The lowest BCUT2D eigenvalue weighted by Crippen LogP contribution is -2.44. The van der Waals surface area contributed by atoms with Crippen LogP contribution in [-0.2, 0) is 6.42 Å². The molecule has 2 rings (SSSR count). The summed E-state index contributed by atoms with van der Waals surface area (Å²) in [5.41, 5.74) is 0.167. The second-order valence-electron chi connectivity index (χ2n) is 4.85. The summed E-state index contributed by atoms with van der Waals surface area (Å²) < 4.78 is 26.4. The molecule has 0 radical (unpaired) electrons. The van der Waals surface area contributed by atoms with Crippen molar-refractivity contribution in [3.63, 3.8) is 0 Å². The zero-order chi connectivity index (χ0) is 12.3. The Labute approximate surface area is 112 Å². The molecule has 0 aliphatic carbocycles. The number of aliphatic hydroxyl groups excluding tert-OH is 1. The Morgan fingerprint density at radius 3 is 2.67 bits per heavy atom. The quantitative estimate of drug-likeness (QED) is 0.889. The van der Waals surface area contributed by atoms with Crippen molar-refractivity contribution >= 4 is 12.4 Å². The van der Waals surface area contributed by atoms with Gasteiger partial charge in [0.1, 0.15) is 11.6 Å². The van der Waals surface area contributed by atoms with Gasteiger partial charge in [-0.1, -0.05) is 6.07 Å². The fraction of sp³-hybridized carbons (Fsp3) is 0.538. The molecule has 1 atom stereocenters. The van der Waals surface area contributed by atoms with Gasteiger partial charge < -0.3 is 10.4 Å². The van der Waals surface area contributed by atoms with E-state index in [1.54, 1.807) is 0 Å². The van der Waals surface area contributed by atoms with Crippen molar-refractivity contribution in [3.8, 4) is 0 Å². The molecule has 1 heterocycles. The van der Waals surface area contributed by atoms with Crippen molar-refractivity contribution < 1.29 is 13.9 Å². The van der Waals surface area contributed by atoms with Gasteiger partial charge in [0.25, 0.3) is 0 Å². The fourth-order valence-corrected chi connectivity index (χ4v) is 2.44. The first-order chi connectivity index (χ1) is 8.15. The molecule has 18 heavy (non-hydrogen) atoms. The molecule has 2 N–H and O–H groups in total. The molecule has 0 spiro atoms. The molecule has 102 valence electrons. The highest BCUT2D eigenvalue weighted by Gasteiger charge is 2.32. The summed E-state index contributed by atoms with van der Waals surface area (Å²) in [6.07, 6.45) is 2.29. The molecular weight excluding hydrogens is 260 g/mol. The van der Waals surface area contributed by atoms with Crippen molar-refractivity contribution in [1.82, 2.24) is 5.32 Å². The number of hydrogen-bond donors (Lipinski definition) is 2. The minimum atomic E-state index is -0.564. The van der Waals surface area contributed by atoms with Gasteiger partial charge >= 0.3 is 0 Å². The molecular formula is C13H18ClF2NO. The van der Waals surface area contributed by atoms with E-state index in [9.17, 15) is 13.9 Å². The number of benzene rings is 1. The van der Waals surface area contributed by atoms with Crippen LogP contribution in [0.25, 0.3) is 0 Å². The Morgan fingerprint density at radius 1 is 1.33 bits per heavy atom. The monoisotopic (exact) mass is 277 g/mol. The Morgan fingerprint density at radius 2 is 2.11 bits per heavy atom. The van der Waals surface area contributed by atoms with Crippen LogP contribution < -0.4 is 5.32 Å². The lowest BCUT2D eigenvalue weighted by molar-refractivity contribution is 0.0939. The minimum absolute atomic E-state index is 0. The second kappa shape index (κ2) is 6.45. The van der Waals surface area contributed by atoms with Crippen LogP contribution in [0.15, 0.2) is 18.2 Å². The van der Waals surface area contributed by atoms with Gasteiger partial charge in [0.15, 0.2) is 0 Å². The molecule has 1 unspecified atom stereocenters. The smallest absolute Gasteiger partial charge is 0.129 e. The molecule has 0 bridgehead atoms. The van der Waals surface area contributed by atoms with E-state index >= 15 is 0 Å². The summed E-state index contributed by atoms with van der Waals surface area (Å²) >= 11 is 0. The van der Waals surface area contributed by atoms with Crippen molar-refractivity contribution in [2.75, 3.05) is 19.7 Å². The van der Waals surface area contributed by atoms with E-state index < -0.39 is 11.6 Å². The first-order valence-electron chi connectivity index (χ1n) is 5.91. The standard InChI is InChI=1S/C13H17F2NO.ClH/c14-11-3-2-10(12(15)6-11)7-13(9-17)4-1-5-16-8-13;/h2-3,6,16-17H,1,4-5,7-9H2;1H. The van der Waals surface area contributed by atoms with Crippen LogP contribution in [0.1, 0.15) is 18.4 Å². The van der Waals surface area contributed by atoms with E-state index in [1.165, 1.54) is 12.1 Å². The van der Waals surface area contributed by atoms with E-state index in [0.29, 0.717) is 18.5 Å². The normalized spacial score (nSPS) is 23.5. The zero-order valence-electron chi connectivity index (χ0n) is 10.1. The average molecular weight is 278 g/mol. The second-order valence-corrected chi connectivity index (χ2v) is 4.85. The summed E-state index contributed by atoms with van der Waals surface area (Å²) in [5, 5.41) is 12.7. The molecule has 1 aromatic rings. The molecule has 1 aromatic carbocycles. The summed E-state index contributed by atoms with van der Waals surface area (Å²) in [4.78, 5) is 0. The van der Waals surface area contributed by atoms with Crippen molar-refractivity contribution in [2.24, 2.45) is 5.41 Å². The topological polar surface area (TPSA) is 32.3 Å². The van der Waals surface area contributed by atoms with E-state index in [4.69, 9.17) is 0 Å². The minimum Gasteiger partial charge on any atom is -0.396 e. The maximum Gasteiger partial charge on any atom is 0.129 e. The van der Waals surface area contributed by atoms with Crippen LogP contribution in [0, 0.1) is 17.0 Å². The predicted octanol–water partition coefficient (Wildman–Crippen LogP) is 2.29. The van der Waals surface area contributed by atoms with Crippen LogP contribution in [0.2, 0.25) is 0 Å². The van der Waals surface area contributed by atoms with Crippen LogP contribution in [0.4, 0.5) is 8.78 Å². The Balaban J connectivity index is 0.00000162. The third kappa shape index (κ3) is 3.40. The van der Waals surface area contributed by atoms with Gasteiger partial charge in [-0.25, -0.2) is 8.78 Å². The summed E-state index contributed by atoms with van der Waals surface area (Å²) in [6, 6.07) is 3.63. The van der Waals surface area contributed by atoms with E-state index in [-0.39, 0.29) is 24.4 Å². The highest BCUT2D eigenvalue weighted by Crippen LogP contribution is 2.31. The maximum atomic E-state index is 13.6. The Hall–Kier alpha value is -0.710. The third-order valence-electron chi connectivity index (χ3n) is 3.48. The van der Waals surface area contributed by atoms with Gasteiger partial charge in [-0.15, -0.1) is 12.4 Å². The average Bonchev–Trinajstić information content (AvgIpc) is 2.34. The van der Waals surface area contributed by atoms with Gasteiger partial charge in [-0.05, 0) is 37.4 Å². The van der Waals surface area contributed by atoms with E-state index in [0.717, 1.165) is 25.5 Å². The SMILES string of the molecule is Cl.OCC1(Cc2ccc(F)cc2F)CCCNC1. The molecule has 5 heteroatoms. The number of nitrogens with one attached hydrogen (secondary N) is 1. The van der Waals surface area contributed by atoms with Crippen molar-refractivity contribution in [3.05, 3.63) is 35.4 Å². The molecule has 1 saturated heterocycles. The van der Waals surface area contributed by atoms with Gasteiger partial charge in [-0.3, -0.25) is 0 Å². The maximum absolute atomic E-state index is 13.6. The van der Waals surface area contributed by atoms with Crippen molar-refractivity contribution in [1.29, 1.82) is 0 Å². The first-order valence-corrected chi connectivity index (χ1v) is 5.91. The highest BCUT2D eigenvalue weighted by molar-refractivity contribution is 5.85. The lowest BCUT2D eigenvalue weighted by atomic mass is 9.76. The number of halogens is 3. The highest BCUT2D eigenvalue weighted by atomic mass is 35.5. The summed E-state index contributed by atoms with van der Waals surface area (Å²) in [5.74, 6) is -1.09. The Bertz CT molecular complexity index is 395. The fourth-order valence-electron chi connectivity index (χ4n) is 2.44. The number of rotatable bonds is 3. The molecule has 1 fully saturated rings.